The molecule has 270 valence electrons. The van der Waals surface area contributed by atoms with Crippen LogP contribution in [0.25, 0.3) is 6.08 Å². The lowest BCUT2D eigenvalue weighted by Gasteiger charge is -2.25. The Balaban J connectivity index is 1.34. The summed E-state index contributed by atoms with van der Waals surface area (Å²) in [5.41, 5.74) is 2.23. The second kappa shape index (κ2) is 17.1. The van der Waals surface area contributed by atoms with Crippen molar-refractivity contribution in [1.82, 2.24) is 10.2 Å². The molecule has 4 N–H and O–H groups in total. The fourth-order valence-corrected chi connectivity index (χ4v) is 7.79. The molecule has 14 heteroatoms. The predicted molar refractivity (Wildman–Crippen MR) is 201 cm³/mol. The maximum Gasteiger partial charge on any atom is 0.341 e. The standard InChI is InChI=1S/C38H38N4O8S2/c1-5-31(36(47)41-37-33(38(48)50-4)28-16-17-42(22(2)43)21-32(28)52-37)51-27-13-9-12-25(19-27)39-35(46)29(40-34(45)23-10-7-6-8-11-23)18-24-14-15-26(44)20-30(24)49-3/h6-15,18-20,31,44H,5,16-17,21H2,1-4H3,(H,39,46)(H,40,45)(H,41,47)/b29-18+. The Bertz CT molecular complexity index is 2030. The van der Waals surface area contributed by atoms with E-state index in [2.05, 4.69) is 16.0 Å². The first-order valence-corrected chi connectivity index (χ1v) is 18.0. The number of carbonyl (C=O) groups excluding carboxylic acids is 5. The number of esters is 1. The van der Waals surface area contributed by atoms with Gasteiger partial charge in [-0.1, -0.05) is 31.2 Å². The van der Waals surface area contributed by atoms with Crippen LogP contribution < -0.4 is 20.7 Å². The van der Waals surface area contributed by atoms with Crippen LogP contribution in [0, 0.1) is 0 Å². The number of aromatic hydroxyl groups is 1. The molecule has 0 radical (unpaired) electrons. The molecule has 4 aromatic rings. The molecule has 1 aliphatic rings. The average Bonchev–Trinajstić information content (AvgIpc) is 3.51. The number of thiophene rings is 1. The van der Waals surface area contributed by atoms with E-state index in [0.717, 1.165) is 10.4 Å². The fraction of sp³-hybridized carbons (Fsp3) is 0.237. The van der Waals surface area contributed by atoms with Crippen LogP contribution in [0.2, 0.25) is 0 Å². The van der Waals surface area contributed by atoms with Crippen molar-refractivity contribution >= 4 is 69.5 Å². The number of anilines is 2. The lowest BCUT2D eigenvalue weighted by Crippen LogP contribution is -2.34. The number of benzene rings is 3. The number of nitrogens with one attached hydrogen (secondary N) is 3. The number of hydrogen-bond acceptors (Lipinski definition) is 10. The first-order chi connectivity index (χ1) is 25.0. The number of phenols is 1. The lowest BCUT2D eigenvalue weighted by atomic mass is 10.0. The van der Waals surface area contributed by atoms with E-state index in [1.54, 1.807) is 59.5 Å². The van der Waals surface area contributed by atoms with E-state index in [1.807, 2.05) is 13.0 Å². The number of carbonyl (C=O) groups is 5. The molecule has 1 unspecified atom stereocenters. The summed E-state index contributed by atoms with van der Waals surface area (Å²) >= 11 is 2.56. The van der Waals surface area contributed by atoms with Gasteiger partial charge in [0.15, 0.2) is 0 Å². The van der Waals surface area contributed by atoms with Gasteiger partial charge in [-0.3, -0.25) is 19.2 Å². The molecule has 3 aromatic carbocycles. The van der Waals surface area contributed by atoms with E-state index in [9.17, 15) is 29.1 Å². The van der Waals surface area contributed by atoms with Gasteiger partial charge in [-0.2, -0.15) is 0 Å². The van der Waals surface area contributed by atoms with Gasteiger partial charge >= 0.3 is 5.97 Å². The van der Waals surface area contributed by atoms with Crippen LogP contribution in [0.3, 0.4) is 0 Å². The fourth-order valence-electron chi connectivity index (χ4n) is 5.52. The van der Waals surface area contributed by atoms with Gasteiger partial charge < -0.3 is 35.4 Å². The number of amides is 4. The molecule has 12 nitrogen and oxygen atoms in total. The zero-order valence-corrected chi connectivity index (χ0v) is 30.6. The summed E-state index contributed by atoms with van der Waals surface area (Å²) in [6, 6.07) is 19.8. The topological polar surface area (TPSA) is 163 Å². The zero-order valence-electron chi connectivity index (χ0n) is 29.0. The van der Waals surface area contributed by atoms with Crippen LogP contribution in [0.15, 0.2) is 83.4 Å². The zero-order chi connectivity index (χ0) is 37.4. The molecular formula is C38H38N4O8S2. The van der Waals surface area contributed by atoms with Crippen molar-refractivity contribution < 1.29 is 38.6 Å². The normalized spacial score (nSPS) is 13.0. The maximum absolute atomic E-state index is 13.7. The highest BCUT2D eigenvalue weighted by Gasteiger charge is 2.31. The van der Waals surface area contributed by atoms with Crippen LogP contribution in [0.4, 0.5) is 10.7 Å². The minimum Gasteiger partial charge on any atom is -0.508 e. The SMILES string of the molecule is CCC(Sc1cccc(NC(=O)/C(=C\c2ccc(O)cc2OC)NC(=O)c2ccccc2)c1)C(=O)Nc1sc2c(c1C(=O)OC)CCN(C(C)=O)C2. The Kier molecular flexibility index (Phi) is 12.4. The van der Waals surface area contributed by atoms with Crippen molar-refractivity contribution in [2.75, 3.05) is 31.4 Å². The van der Waals surface area contributed by atoms with Gasteiger partial charge in [0.05, 0.1) is 31.6 Å². The van der Waals surface area contributed by atoms with Gasteiger partial charge in [0, 0.05) is 46.1 Å². The van der Waals surface area contributed by atoms with E-state index in [0.29, 0.717) is 64.0 Å². The number of methoxy groups -OCH3 is 2. The van der Waals surface area contributed by atoms with Crippen LogP contribution in [0.5, 0.6) is 11.5 Å². The highest BCUT2D eigenvalue weighted by molar-refractivity contribution is 8.00. The quantitative estimate of drug-likeness (QED) is 0.0767. The van der Waals surface area contributed by atoms with E-state index in [4.69, 9.17) is 9.47 Å². The monoisotopic (exact) mass is 742 g/mol. The van der Waals surface area contributed by atoms with Crippen LogP contribution in [-0.2, 0) is 32.1 Å². The number of phenolic OH excluding ortho intramolecular Hbond substituents is 1. The van der Waals surface area contributed by atoms with Gasteiger partial charge in [0.2, 0.25) is 11.8 Å². The van der Waals surface area contributed by atoms with Crippen molar-refractivity contribution in [3.05, 3.63) is 106 Å². The Labute approximate surface area is 309 Å². The van der Waals surface area contributed by atoms with Crippen molar-refractivity contribution in [2.24, 2.45) is 0 Å². The Morgan fingerprint density at radius 2 is 1.77 bits per heavy atom. The Morgan fingerprint density at radius 1 is 1.00 bits per heavy atom. The van der Waals surface area contributed by atoms with Crippen LogP contribution in [-0.4, -0.2) is 65.6 Å². The second-order valence-electron chi connectivity index (χ2n) is 11.7. The van der Waals surface area contributed by atoms with Gasteiger partial charge in [-0.15, -0.1) is 23.1 Å². The summed E-state index contributed by atoms with van der Waals surface area (Å²) in [6.07, 6.45) is 2.38. The van der Waals surface area contributed by atoms with Crippen molar-refractivity contribution in [3.8, 4) is 11.5 Å². The van der Waals surface area contributed by atoms with Crippen molar-refractivity contribution in [3.63, 3.8) is 0 Å². The first kappa shape index (κ1) is 37.7. The minimum atomic E-state index is -0.619. The van der Waals surface area contributed by atoms with Crippen molar-refractivity contribution in [2.45, 2.75) is 43.4 Å². The largest absolute Gasteiger partial charge is 0.508 e. The van der Waals surface area contributed by atoms with E-state index < -0.39 is 23.0 Å². The van der Waals surface area contributed by atoms with E-state index in [1.165, 1.54) is 62.5 Å². The highest BCUT2D eigenvalue weighted by atomic mass is 32.2. The molecular weight excluding hydrogens is 705 g/mol. The van der Waals surface area contributed by atoms with Gasteiger partial charge in [-0.25, -0.2) is 4.79 Å². The number of rotatable bonds is 12. The number of thioether (sulfide) groups is 1. The highest BCUT2D eigenvalue weighted by Crippen LogP contribution is 2.39. The first-order valence-electron chi connectivity index (χ1n) is 16.3. The molecule has 1 atom stereocenters. The summed E-state index contributed by atoms with van der Waals surface area (Å²) in [7, 11) is 2.72. The molecule has 0 bridgehead atoms. The van der Waals surface area contributed by atoms with Crippen LogP contribution >= 0.6 is 23.1 Å². The number of hydrogen-bond donors (Lipinski definition) is 4. The Morgan fingerprint density at radius 3 is 2.46 bits per heavy atom. The number of ether oxygens (including phenoxy) is 2. The van der Waals surface area contributed by atoms with E-state index in [-0.39, 0.29) is 23.3 Å². The second-order valence-corrected chi connectivity index (χ2v) is 14.1. The summed E-state index contributed by atoms with van der Waals surface area (Å²) in [4.78, 5) is 68.5. The summed E-state index contributed by atoms with van der Waals surface area (Å²) in [5.74, 6) is -1.78. The van der Waals surface area contributed by atoms with Crippen molar-refractivity contribution in [1.29, 1.82) is 0 Å². The molecule has 4 amide bonds. The summed E-state index contributed by atoms with van der Waals surface area (Å²) < 4.78 is 10.4. The molecule has 0 aliphatic carbocycles. The minimum absolute atomic E-state index is 0.0267. The Hall–Kier alpha value is -5.60. The van der Waals surface area contributed by atoms with Gasteiger partial charge in [0.25, 0.3) is 11.8 Å². The third-order valence-corrected chi connectivity index (χ3v) is 10.7. The van der Waals surface area contributed by atoms with E-state index >= 15 is 0 Å². The third-order valence-electron chi connectivity index (χ3n) is 8.21. The third kappa shape index (κ3) is 9.00. The molecule has 1 aromatic heterocycles. The number of nitrogens with zero attached hydrogens (tertiary/aromatic N) is 1. The lowest BCUT2D eigenvalue weighted by molar-refractivity contribution is -0.129. The predicted octanol–water partition coefficient (Wildman–Crippen LogP) is 6.07. The molecule has 0 spiro atoms. The molecule has 2 heterocycles. The smallest absolute Gasteiger partial charge is 0.341 e. The molecule has 0 fully saturated rings. The maximum atomic E-state index is 13.7. The number of fused-ring (bicyclic) bond motifs is 1. The van der Waals surface area contributed by atoms with Gasteiger partial charge in [-0.05, 0) is 66.9 Å². The molecule has 52 heavy (non-hydrogen) atoms. The molecule has 0 saturated carbocycles. The molecule has 0 saturated heterocycles. The van der Waals surface area contributed by atoms with Crippen LogP contribution in [0.1, 0.15) is 57.0 Å². The molecule has 1 aliphatic heterocycles. The summed E-state index contributed by atoms with van der Waals surface area (Å²) in [6.45, 7) is 4.20. The molecule has 5 rings (SSSR count). The van der Waals surface area contributed by atoms with Gasteiger partial charge in [0.1, 0.15) is 22.2 Å². The average molecular weight is 743 g/mol. The summed E-state index contributed by atoms with van der Waals surface area (Å²) in [5, 5.41) is 18.2.